The van der Waals surface area contributed by atoms with Gasteiger partial charge in [-0.1, -0.05) is 33.6 Å². The van der Waals surface area contributed by atoms with Gasteiger partial charge in [0.25, 0.3) is 0 Å². The summed E-state index contributed by atoms with van der Waals surface area (Å²) in [4.78, 5) is 14.4. The fourth-order valence-electron chi connectivity index (χ4n) is 2.57. The lowest BCUT2D eigenvalue weighted by molar-refractivity contribution is -0.131. The van der Waals surface area contributed by atoms with Crippen LogP contribution in [0.2, 0.25) is 0 Å². The SMILES string of the molecule is CCCCC1NC(CC(C)C)N(CC(C)OC)C1=O. The first-order chi connectivity index (χ1) is 8.99. The van der Waals surface area contributed by atoms with Gasteiger partial charge < -0.3 is 9.64 Å². The highest BCUT2D eigenvalue weighted by molar-refractivity contribution is 5.84. The van der Waals surface area contributed by atoms with E-state index in [9.17, 15) is 4.79 Å². The number of hydrogen-bond donors (Lipinski definition) is 1. The van der Waals surface area contributed by atoms with Crippen LogP contribution in [-0.4, -0.2) is 42.8 Å². The molecule has 0 spiro atoms. The van der Waals surface area contributed by atoms with Gasteiger partial charge in [0.2, 0.25) is 5.91 Å². The molecule has 0 bridgehead atoms. The highest BCUT2D eigenvalue weighted by Gasteiger charge is 2.38. The standard InChI is InChI=1S/C15H30N2O2/c1-6-7-8-13-15(18)17(10-12(4)19-5)14(16-13)9-11(2)3/h11-14,16H,6-10H2,1-5H3. The van der Waals surface area contributed by atoms with Gasteiger partial charge >= 0.3 is 0 Å². The summed E-state index contributed by atoms with van der Waals surface area (Å²) in [5.41, 5.74) is 0. The monoisotopic (exact) mass is 270 g/mol. The Morgan fingerprint density at radius 1 is 1.37 bits per heavy atom. The van der Waals surface area contributed by atoms with Gasteiger partial charge in [-0.15, -0.1) is 0 Å². The fourth-order valence-corrected chi connectivity index (χ4v) is 2.57. The van der Waals surface area contributed by atoms with E-state index in [0.717, 1.165) is 25.7 Å². The van der Waals surface area contributed by atoms with Crippen molar-refractivity contribution in [3.8, 4) is 0 Å². The number of carbonyl (C=O) groups is 1. The lowest BCUT2D eigenvalue weighted by atomic mass is 10.1. The third kappa shape index (κ3) is 4.77. The zero-order valence-electron chi connectivity index (χ0n) is 13.1. The number of hydrogen-bond acceptors (Lipinski definition) is 3. The quantitative estimate of drug-likeness (QED) is 0.736. The zero-order valence-corrected chi connectivity index (χ0v) is 13.1. The van der Waals surface area contributed by atoms with E-state index >= 15 is 0 Å². The van der Waals surface area contributed by atoms with Crippen LogP contribution in [0.5, 0.6) is 0 Å². The predicted molar refractivity (Wildman–Crippen MR) is 77.9 cm³/mol. The van der Waals surface area contributed by atoms with Crippen molar-refractivity contribution < 1.29 is 9.53 Å². The maximum atomic E-state index is 12.5. The van der Waals surface area contributed by atoms with Crippen LogP contribution in [0.25, 0.3) is 0 Å². The van der Waals surface area contributed by atoms with E-state index in [1.54, 1.807) is 7.11 Å². The fraction of sp³-hybridized carbons (Fsp3) is 0.933. The third-order valence-electron chi connectivity index (χ3n) is 3.75. The molecule has 3 atom stereocenters. The van der Waals surface area contributed by atoms with Crippen LogP contribution in [0.4, 0.5) is 0 Å². The van der Waals surface area contributed by atoms with Crippen LogP contribution >= 0.6 is 0 Å². The van der Waals surface area contributed by atoms with Crippen molar-refractivity contribution in [3.05, 3.63) is 0 Å². The van der Waals surface area contributed by atoms with E-state index in [0.29, 0.717) is 12.5 Å². The Kier molecular flexibility index (Phi) is 6.80. The molecule has 0 saturated carbocycles. The first-order valence-corrected chi connectivity index (χ1v) is 7.58. The van der Waals surface area contributed by atoms with Gasteiger partial charge in [-0.05, 0) is 25.7 Å². The molecule has 19 heavy (non-hydrogen) atoms. The summed E-state index contributed by atoms with van der Waals surface area (Å²) in [6.07, 6.45) is 4.45. The first-order valence-electron chi connectivity index (χ1n) is 7.58. The minimum atomic E-state index is 0.00718. The van der Waals surface area contributed by atoms with Crippen LogP contribution in [-0.2, 0) is 9.53 Å². The average Bonchev–Trinajstić information content (AvgIpc) is 2.64. The summed E-state index contributed by atoms with van der Waals surface area (Å²) in [6.45, 7) is 9.25. The van der Waals surface area contributed by atoms with Crippen LogP contribution in [0.15, 0.2) is 0 Å². The molecule has 1 amide bonds. The summed E-state index contributed by atoms with van der Waals surface area (Å²) in [6, 6.07) is 0.00718. The molecule has 0 aromatic carbocycles. The highest BCUT2D eigenvalue weighted by atomic mass is 16.5. The van der Waals surface area contributed by atoms with Gasteiger partial charge in [-0.2, -0.15) is 0 Å². The second-order valence-corrected chi connectivity index (χ2v) is 6.04. The number of carbonyl (C=O) groups excluding carboxylic acids is 1. The van der Waals surface area contributed by atoms with Gasteiger partial charge in [0.05, 0.1) is 18.3 Å². The molecule has 3 unspecified atom stereocenters. The molecular weight excluding hydrogens is 240 g/mol. The Labute approximate surface area is 117 Å². The Balaban J connectivity index is 2.67. The first kappa shape index (κ1) is 16.4. The third-order valence-corrected chi connectivity index (χ3v) is 3.75. The number of unbranched alkanes of at least 4 members (excludes halogenated alkanes) is 1. The molecule has 1 saturated heterocycles. The zero-order chi connectivity index (χ0) is 14.4. The molecule has 1 aliphatic heterocycles. The van der Waals surface area contributed by atoms with Crippen molar-refractivity contribution in [1.82, 2.24) is 10.2 Å². The molecular formula is C15H30N2O2. The number of rotatable bonds is 8. The largest absolute Gasteiger partial charge is 0.380 e. The Morgan fingerprint density at radius 3 is 2.58 bits per heavy atom. The van der Waals surface area contributed by atoms with Crippen molar-refractivity contribution in [2.45, 2.75) is 71.7 Å². The van der Waals surface area contributed by atoms with E-state index in [4.69, 9.17) is 4.74 Å². The van der Waals surface area contributed by atoms with Gasteiger partial charge in [0.15, 0.2) is 0 Å². The number of nitrogens with one attached hydrogen (secondary N) is 1. The lowest BCUT2D eigenvalue weighted by Crippen LogP contribution is -2.42. The molecule has 1 aliphatic rings. The van der Waals surface area contributed by atoms with E-state index in [2.05, 4.69) is 26.1 Å². The summed E-state index contributed by atoms with van der Waals surface area (Å²) in [5, 5.41) is 3.51. The Bertz CT molecular complexity index is 281. The molecule has 1 fully saturated rings. The van der Waals surface area contributed by atoms with Crippen molar-refractivity contribution in [2.24, 2.45) is 5.92 Å². The van der Waals surface area contributed by atoms with Crippen LogP contribution in [0.3, 0.4) is 0 Å². The molecule has 1 rings (SSSR count). The van der Waals surface area contributed by atoms with E-state index in [1.165, 1.54) is 0 Å². The second-order valence-electron chi connectivity index (χ2n) is 6.04. The van der Waals surface area contributed by atoms with Crippen LogP contribution in [0, 0.1) is 5.92 Å². The predicted octanol–water partition coefficient (Wildman–Crippen LogP) is 2.38. The van der Waals surface area contributed by atoms with Crippen LogP contribution in [0.1, 0.15) is 53.4 Å². The lowest BCUT2D eigenvalue weighted by Gasteiger charge is -2.27. The van der Waals surface area contributed by atoms with E-state index in [-0.39, 0.29) is 24.2 Å². The normalized spacial score (nSPS) is 25.4. The summed E-state index contributed by atoms with van der Waals surface area (Å²) in [7, 11) is 1.70. The molecule has 0 aromatic rings. The second kappa shape index (κ2) is 7.85. The summed E-state index contributed by atoms with van der Waals surface area (Å²) < 4.78 is 5.31. The van der Waals surface area contributed by atoms with Crippen molar-refractivity contribution in [3.63, 3.8) is 0 Å². The highest BCUT2D eigenvalue weighted by Crippen LogP contribution is 2.21. The molecule has 4 nitrogen and oxygen atoms in total. The molecule has 0 aromatic heterocycles. The topological polar surface area (TPSA) is 41.6 Å². The minimum absolute atomic E-state index is 0.00718. The van der Waals surface area contributed by atoms with E-state index in [1.807, 2.05) is 11.8 Å². The molecule has 0 radical (unpaired) electrons. The van der Waals surface area contributed by atoms with E-state index < -0.39 is 0 Å². The number of methoxy groups -OCH3 is 1. The summed E-state index contributed by atoms with van der Waals surface area (Å²) >= 11 is 0. The average molecular weight is 270 g/mol. The molecule has 1 heterocycles. The Morgan fingerprint density at radius 2 is 2.05 bits per heavy atom. The number of amides is 1. The molecule has 1 N–H and O–H groups in total. The summed E-state index contributed by atoms with van der Waals surface area (Å²) in [5.74, 6) is 0.832. The maximum absolute atomic E-state index is 12.5. The maximum Gasteiger partial charge on any atom is 0.241 e. The Hall–Kier alpha value is -0.610. The smallest absolute Gasteiger partial charge is 0.241 e. The minimum Gasteiger partial charge on any atom is -0.380 e. The molecule has 112 valence electrons. The number of nitrogens with zero attached hydrogens (tertiary/aromatic N) is 1. The van der Waals surface area contributed by atoms with Crippen molar-refractivity contribution in [2.75, 3.05) is 13.7 Å². The van der Waals surface area contributed by atoms with Crippen molar-refractivity contribution >= 4 is 5.91 Å². The van der Waals surface area contributed by atoms with Crippen molar-refractivity contribution in [1.29, 1.82) is 0 Å². The molecule has 4 heteroatoms. The van der Waals surface area contributed by atoms with Gasteiger partial charge in [-0.3, -0.25) is 10.1 Å². The number of ether oxygens (including phenoxy) is 1. The molecule has 0 aliphatic carbocycles. The van der Waals surface area contributed by atoms with Gasteiger partial charge in [0, 0.05) is 13.7 Å². The van der Waals surface area contributed by atoms with Gasteiger partial charge in [-0.25, -0.2) is 0 Å². The van der Waals surface area contributed by atoms with Crippen LogP contribution < -0.4 is 5.32 Å². The van der Waals surface area contributed by atoms with Gasteiger partial charge in [0.1, 0.15) is 0 Å².